The van der Waals surface area contributed by atoms with Gasteiger partial charge < -0.3 is 10.3 Å². The lowest BCUT2D eigenvalue weighted by Gasteiger charge is -2.18. The van der Waals surface area contributed by atoms with Crippen LogP contribution in [0.1, 0.15) is 20.3 Å². The van der Waals surface area contributed by atoms with Crippen molar-refractivity contribution < 1.29 is 0 Å². The van der Waals surface area contributed by atoms with Crippen molar-refractivity contribution in [2.75, 3.05) is 23.4 Å². The highest BCUT2D eigenvalue weighted by molar-refractivity contribution is 5.43. The van der Waals surface area contributed by atoms with Crippen LogP contribution in [0.15, 0.2) is 12.4 Å². The van der Waals surface area contributed by atoms with Crippen molar-refractivity contribution in [3.05, 3.63) is 12.4 Å². The monoisotopic (exact) mass is 221 g/mol. The quantitative estimate of drug-likeness (QED) is 0.594. The molecule has 1 aliphatic heterocycles. The fourth-order valence-corrected chi connectivity index (χ4v) is 2.12. The fraction of sp³-hybridized carbons (Fsp3) is 0.636. The highest BCUT2D eigenvalue weighted by atomic mass is 15.3. The van der Waals surface area contributed by atoms with Crippen LogP contribution in [0.25, 0.3) is 0 Å². The smallest absolute Gasteiger partial charge is 0.160 e. The molecule has 1 unspecified atom stereocenters. The summed E-state index contributed by atoms with van der Waals surface area (Å²) in [6.07, 6.45) is 4.66. The highest BCUT2D eigenvalue weighted by Crippen LogP contribution is 2.27. The predicted octanol–water partition coefficient (Wildman–Crippen LogP) is 1.24. The van der Waals surface area contributed by atoms with E-state index < -0.39 is 0 Å². The summed E-state index contributed by atoms with van der Waals surface area (Å²) in [7, 11) is 0. The molecule has 1 aliphatic rings. The molecule has 1 aromatic rings. The van der Waals surface area contributed by atoms with Crippen molar-refractivity contribution in [3.63, 3.8) is 0 Å². The Morgan fingerprint density at radius 2 is 2.31 bits per heavy atom. The molecule has 2 heterocycles. The van der Waals surface area contributed by atoms with Gasteiger partial charge in [0.05, 0.1) is 12.4 Å². The summed E-state index contributed by atoms with van der Waals surface area (Å²) in [6, 6.07) is 0. The van der Waals surface area contributed by atoms with E-state index in [9.17, 15) is 0 Å². The van der Waals surface area contributed by atoms with Gasteiger partial charge in [-0.05, 0) is 18.3 Å². The molecule has 1 atom stereocenters. The third-order valence-electron chi connectivity index (χ3n) is 3.26. The molecule has 0 spiro atoms. The van der Waals surface area contributed by atoms with E-state index in [4.69, 9.17) is 5.84 Å². The summed E-state index contributed by atoms with van der Waals surface area (Å²) in [5.41, 5.74) is 2.52. The van der Waals surface area contributed by atoms with Gasteiger partial charge in [0.15, 0.2) is 5.82 Å². The Morgan fingerprint density at radius 1 is 1.50 bits per heavy atom. The Bertz CT molecular complexity index is 352. The van der Waals surface area contributed by atoms with E-state index in [-0.39, 0.29) is 0 Å². The Kier molecular flexibility index (Phi) is 3.24. The third-order valence-corrected chi connectivity index (χ3v) is 3.26. The van der Waals surface area contributed by atoms with Gasteiger partial charge in [-0.2, -0.15) is 0 Å². The summed E-state index contributed by atoms with van der Waals surface area (Å²) in [6.45, 7) is 6.68. The van der Waals surface area contributed by atoms with Gasteiger partial charge in [0.25, 0.3) is 0 Å². The van der Waals surface area contributed by atoms with Gasteiger partial charge in [-0.25, -0.2) is 10.8 Å². The first-order valence-electron chi connectivity index (χ1n) is 5.74. The first-order valence-corrected chi connectivity index (χ1v) is 5.74. The summed E-state index contributed by atoms with van der Waals surface area (Å²) in [4.78, 5) is 10.8. The second kappa shape index (κ2) is 4.65. The molecule has 0 aliphatic carbocycles. The van der Waals surface area contributed by atoms with Gasteiger partial charge in [0, 0.05) is 13.1 Å². The van der Waals surface area contributed by atoms with Crippen LogP contribution < -0.4 is 16.2 Å². The second-order valence-electron chi connectivity index (χ2n) is 4.65. The molecule has 1 aromatic heterocycles. The average Bonchev–Trinajstić information content (AvgIpc) is 2.78. The van der Waals surface area contributed by atoms with Crippen molar-refractivity contribution in [1.29, 1.82) is 0 Å². The number of nitrogen functional groups attached to an aromatic ring is 1. The molecular weight excluding hydrogens is 202 g/mol. The maximum Gasteiger partial charge on any atom is 0.160 e. The Hall–Kier alpha value is -1.36. The average molecular weight is 221 g/mol. The van der Waals surface area contributed by atoms with Crippen LogP contribution in [0.5, 0.6) is 0 Å². The Labute approximate surface area is 96.0 Å². The Balaban J connectivity index is 2.08. The second-order valence-corrected chi connectivity index (χ2v) is 4.65. The fourth-order valence-electron chi connectivity index (χ4n) is 2.12. The minimum absolute atomic E-state index is 0.616. The van der Waals surface area contributed by atoms with E-state index in [0.717, 1.165) is 30.7 Å². The summed E-state index contributed by atoms with van der Waals surface area (Å²) in [5.74, 6) is 8.34. The van der Waals surface area contributed by atoms with Crippen molar-refractivity contribution >= 4 is 11.6 Å². The zero-order chi connectivity index (χ0) is 11.5. The number of nitrogens with zero attached hydrogens (tertiary/aromatic N) is 3. The molecule has 0 saturated carbocycles. The molecule has 88 valence electrons. The lowest BCUT2D eigenvalue weighted by molar-refractivity contribution is 0.422. The lowest BCUT2D eigenvalue weighted by Crippen LogP contribution is -2.23. The molecule has 2 rings (SSSR count). The van der Waals surface area contributed by atoms with Crippen LogP contribution >= 0.6 is 0 Å². The van der Waals surface area contributed by atoms with Gasteiger partial charge in [-0.1, -0.05) is 13.8 Å². The number of anilines is 2. The van der Waals surface area contributed by atoms with Gasteiger partial charge in [0.1, 0.15) is 5.82 Å². The number of hydrogen-bond acceptors (Lipinski definition) is 5. The molecule has 0 radical (unpaired) electrons. The van der Waals surface area contributed by atoms with E-state index >= 15 is 0 Å². The standard InChI is InChI=1S/C11H19N5/c1-8(2)9-3-4-16(7-9)11-6-13-5-10(14-11)15-12/h5-6,8-9H,3-4,7,12H2,1-2H3,(H,14,15). The van der Waals surface area contributed by atoms with Crippen LogP contribution in [0.4, 0.5) is 11.6 Å². The maximum atomic E-state index is 5.32. The third kappa shape index (κ3) is 2.24. The first kappa shape index (κ1) is 11.1. The number of nitrogens with two attached hydrogens (primary N) is 1. The SMILES string of the molecule is CC(C)C1CCN(c2cncc(NN)n2)C1. The maximum absolute atomic E-state index is 5.32. The Morgan fingerprint density at radius 3 is 2.94 bits per heavy atom. The van der Waals surface area contributed by atoms with E-state index in [0.29, 0.717) is 5.82 Å². The highest BCUT2D eigenvalue weighted by Gasteiger charge is 2.25. The van der Waals surface area contributed by atoms with Crippen LogP contribution in [-0.4, -0.2) is 23.1 Å². The first-order chi connectivity index (χ1) is 7.70. The number of nitrogens with one attached hydrogen (secondary N) is 1. The molecule has 1 fully saturated rings. The largest absolute Gasteiger partial charge is 0.355 e. The number of hydrogen-bond donors (Lipinski definition) is 2. The van der Waals surface area contributed by atoms with Crippen LogP contribution in [-0.2, 0) is 0 Å². The molecule has 0 aromatic carbocycles. The summed E-state index contributed by atoms with van der Waals surface area (Å²) < 4.78 is 0. The van der Waals surface area contributed by atoms with Crippen molar-refractivity contribution in [3.8, 4) is 0 Å². The van der Waals surface area contributed by atoms with Crippen LogP contribution in [0, 0.1) is 11.8 Å². The predicted molar refractivity (Wildman–Crippen MR) is 65.0 cm³/mol. The van der Waals surface area contributed by atoms with Crippen LogP contribution in [0.2, 0.25) is 0 Å². The molecular formula is C11H19N5. The minimum Gasteiger partial charge on any atom is -0.355 e. The van der Waals surface area contributed by atoms with Gasteiger partial charge in [-0.15, -0.1) is 0 Å². The molecule has 1 saturated heterocycles. The molecule has 16 heavy (non-hydrogen) atoms. The van der Waals surface area contributed by atoms with Crippen molar-refractivity contribution in [2.45, 2.75) is 20.3 Å². The van der Waals surface area contributed by atoms with E-state index in [2.05, 4.69) is 34.1 Å². The molecule has 0 amide bonds. The van der Waals surface area contributed by atoms with E-state index in [1.54, 1.807) is 12.4 Å². The summed E-state index contributed by atoms with van der Waals surface area (Å²) >= 11 is 0. The summed E-state index contributed by atoms with van der Waals surface area (Å²) in [5, 5.41) is 0. The van der Waals surface area contributed by atoms with Gasteiger partial charge in [-0.3, -0.25) is 4.98 Å². The normalized spacial score (nSPS) is 20.5. The molecule has 5 heteroatoms. The van der Waals surface area contributed by atoms with Crippen LogP contribution in [0.3, 0.4) is 0 Å². The van der Waals surface area contributed by atoms with Crippen molar-refractivity contribution in [1.82, 2.24) is 9.97 Å². The topological polar surface area (TPSA) is 67.1 Å². The molecule has 0 bridgehead atoms. The van der Waals surface area contributed by atoms with E-state index in [1.165, 1.54) is 6.42 Å². The zero-order valence-electron chi connectivity index (χ0n) is 9.85. The zero-order valence-corrected chi connectivity index (χ0v) is 9.85. The van der Waals surface area contributed by atoms with Crippen molar-refractivity contribution in [2.24, 2.45) is 17.7 Å². The van der Waals surface area contributed by atoms with Gasteiger partial charge in [0.2, 0.25) is 0 Å². The molecule has 5 nitrogen and oxygen atoms in total. The molecule has 3 N–H and O–H groups in total. The lowest BCUT2D eigenvalue weighted by atomic mass is 9.95. The number of hydrazine groups is 1. The minimum atomic E-state index is 0.616. The van der Waals surface area contributed by atoms with E-state index in [1.807, 2.05) is 0 Å². The van der Waals surface area contributed by atoms with Gasteiger partial charge >= 0.3 is 0 Å². The number of rotatable bonds is 3. The number of aromatic nitrogens is 2.